The van der Waals surface area contributed by atoms with E-state index in [-0.39, 0.29) is 5.91 Å². The van der Waals surface area contributed by atoms with Crippen molar-refractivity contribution in [2.75, 3.05) is 22.5 Å². The zero-order valence-electron chi connectivity index (χ0n) is 18.5. The monoisotopic (exact) mass is 461 g/mol. The molecule has 5 rings (SSSR count). The van der Waals surface area contributed by atoms with E-state index in [9.17, 15) is 14.0 Å². The van der Waals surface area contributed by atoms with E-state index in [1.807, 2.05) is 50.2 Å². The maximum atomic E-state index is 14.0. The Labute approximate surface area is 196 Å². The largest absolute Gasteiger partial charge is 0.323 e. The van der Waals surface area contributed by atoms with Gasteiger partial charge in [0.1, 0.15) is 5.82 Å². The van der Waals surface area contributed by atoms with Crippen LogP contribution in [0.15, 0.2) is 66.7 Å². The highest BCUT2D eigenvalue weighted by Gasteiger charge is 2.59. The van der Waals surface area contributed by atoms with Crippen LogP contribution >= 0.6 is 11.8 Å². The molecule has 2 heterocycles. The van der Waals surface area contributed by atoms with E-state index >= 15 is 0 Å². The minimum Gasteiger partial charge on any atom is -0.308 e. The molecule has 0 aliphatic carbocycles. The second-order valence-electron chi connectivity index (χ2n) is 8.49. The maximum absolute atomic E-state index is 14.0. The Bertz CT molecular complexity index is 1260. The number of amides is 3. The number of hydrogen-bond donors (Lipinski definition) is 1. The van der Waals surface area contributed by atoms with E-state index < -0.39 is 16.7 Å². The molecular formula is C26H24FN3O2S. The van der Waals surface area contributed by atoms with Crippen molar-refractivity contribution in [2.45, 2.75) is 25.3 Å². The van der Waals surface area contributed by atoms with Gasteiger partial charge in [-0.1, -0.05) is 53.6 Å². The first kappa shape index (κ1) is 21.5. The van der Waals surface area contributed by atoms with Crippen molar-refractivity contribution < 1.29 is 14.0 Å². The number of nitrogens with one attached hydrogen (secondary N) is 1. The predicted molar refractivity (Wildman–Crippen MR) is 130 cm³/mol. The number of anilines is 2. The molecular weight excluding hydrogens is 437 g/mol. The number of benzene rings is 3. The van der Waals surface area contributed by atoms with Crippen LogP contribution in [0.4, 0.5) is 20.6 Å². The van der Waals surface area contributed by atoms with Crippen LogP contribution in [0.3, 0.4) is 0 Å². The van der Waals surface area contributed by atoms with Crippen LogP contribution in [-0.4, -0.2) is 29.1 Å². The van der Waals surface area contributed by atoms with Crippen molar-refractivity contribution in [1.29, 1.82) is 0 Å². The first-order valence-corrected chi connectivity index (χ1v) is 11.8. The van der Waals surface area contributed by atoms with Gasteiger partial charge in [-0.05, 0) is 43.7 Å². The number of thioether (sulfide) groups is 1. The van der Waals surface area contributed by atoms with Gasteiger partial charge in [-0.15, -0.1) is 11.8 Å². The molecule has 3 amide bonds. The summed E-state index contributed by atoms with van der Waals surface area (Å²) in [4.78, 5) is 29.6. The number of carbonyl (C=O) groups excluding carboxylic acids is 2. The zero-order valence-corrected chi connectivity index (χ0v) is 19.3. The van der Waals surface area contributed by atoms with Gasteiger partial charge >= 0.3 is 6.03 Å². The van der Waals surface area contributed by atoms with Gasteiger partial charge in [0.2, 0.25) is 0 Å². The average molecular weight is 462 g/mol. The van der Waals surface area contributed by atoms with Crippen LogP contribution < -0.4 is 10.2 Å². The summed E-state index contributed by atoms with van der Waals surface area (Å²) < 4.78 is 13.6. The molecule has 1 atom stereocenters. The molecule has 0 bridgehead atoms. The van der Waals surface area contributed by atoms with Gasteiger partial charge in [0.15, 0.2) is 4.87 Å². The molecule has 0 unspecified atom stereocenters. The average Bonchev–Trinajstić information content (AvgIpc) is 3.31. The third-order valence-electron chi connectivity index (χ3n) is 6.09. The van der Waals surface area contributed by atoms with E-state index in [1.54, 1.807) is 21.9 Å². The van der Waals surface area contributed by atoms with Gasteiger partial charge in [0.25, 0.3) is 5.91 Å². The van der Waals surface area contributed by atoms with E-state index in [2.05, 4.69) is 11.4 Å². The second-order valence-corrected chi connectivity index (χ2v) is 9.77. The predicted octanol–water partition coefficient (Wildman–Crippen LogP) is 5.42. The van der Waals surface area contributed by atoms with Crippen LogP contribution in [0.25, 0.3) is 0 Å². The minimum absolute atomic E-state index is 0.124. The highest BCUT2D eigenvalue weighted by molar-refractivity contribution is 8.01. The number of urea groups is 1. The summed E-state index contributed by atoms with van der Waals surface area (Å²) in [7, 11) is 0. The number of nitrogens with zero attached hydrogens (tertiary/aromatic N) is 2. The number of aryl methyl sites for hydroxylation is 2. The SMILES string of the molecule is Cc1cccc(CN2C(=O)[C@]3(SCCN3C(=O)Nc3cccc(F)c3)c3cc(C)ccc32)c1. The van der Waals surface area contributed by atoms with Crippen molar-refractivity contribution in [1.82, 2.24) is 4.90 Å². The molecule has 1 N–H and O–H groups in total. The van der Waals surface area contributed by atoms with Gasteiger partial charge in [-0.3, -0.25) is 9.69 Å². The Balaban J connectivity index is 1.54. The molecule has 2 aliphatic rings. The molecule has 0 radical (unpaired) electrons. The van der Waals surface area contributed by atoms with E-state index in [0.717, 1.165) is 27.9 Å². The summed E-state index contributed by atoms with van der Waals surface area (Å²) in [5.74, 6) is 0.0793. The van der Waals surface area contributed by atoms with Crippen molar-refractivity contribution in [2.24, 2.45) is 0 Å². The molecule has 1 spiro atoms. The Morgan fingerprint density at radius 1 is 1.06 bits per heavy atom. The second kappa shape index (κ2) is 8.23. The summed E-state index contributed by atoms with van der Waals surface area (Å²) in [5, 5.41) is 2.78. The number of rotatable bonds is 3. The van der Waals surface area contributed by atoms with Gasteiger partial charge < -0.3 is 10.2 Å². The number of fused-ring (bicyclic) bond motifs is 2. The van der Waals surface area contributed by atoms with Crippen LogP contribution in [0.5, 0.6) is 0 Å². The lowest BCUT2D eigenvalue weighted by molar-refractivity contribution is -0.123. The van der Waals surface area contributed by atoms with Gasteiger partial charge in [-0.25, -0.2) is 9.18 Å². The molecule has 0 saturated carbocycles. The summed E-state index contributed by atoms with van der Waals surface area (Å²) in [6.07, 6.45) is 0. The highest BCUT2D eigenvalue weighted by atomic mass is 32.2. The van der Waals surface area contributed by atoms with Crippen LogP contribution in [0, 0.1) is 19.7 Å². The number of carbonyl (C=O) groups is 2. The van der Waals surface area contributed by atoms with Crippen LogP contribution in [-0.2, 0) is 16.2 Å². The Kier molecular flexibility index (Phi) is 5.37. The molecule has 3 aromatic carbocycles. The Morgan fingerprint density at radius 3 is 2.64 bits per heavy atom. The molecule has 5 nitrogen and oxygen atoms in total. The standard InChI is InChI=1S/C26H24FN3O2S/c1-17-5-3-6-19(13-17)16-29-23-10-9-18(2)14-22(23)26(24(29)31)30(11-12-33-26)25(32)28-21-8-4-7-20(27)15-21/h3-10,13-15H,11-12,16H2,1-2H3,(H,28,32)/t26-/m1/s1. The normalized spacial score (nSPS) is 19.3. The zero-order chi connectivity index (χ0) is 23.2. The highest BCUT2D eigenvalue weighted by Crippen LogP contribution is 2.54. The Hall–Kier alpha value is -3.32. The van der Waals surface area contributed by atoms with E-state index in [4.69, 9.17) is 0 Å². The lowest BCUT2D eigenvalue weighted by atomic mass is 10.0. The molecule has 1 saturated heterocycles. The molecule has 7 heteroatoms. The smallest absolute Gasteiger partial charge is 0.308 e. The molecule has 3 aromatic rings. The molecule has 168 valence electrons. The lowest BCUT2D eigenvalue weighted by Gasteiger charge is -2.33. The van der Waals surface area contributed by atoms with Crippen molar-refractivity contribution in [3.8, 4) is 0 Å². The van der Waals surface area contributed by atoms with E-state index in [1.165, 1.54) is 23.9 Å². The van der Waals surface area contributed by atoms with Crippen molar-refractivity contribution in [3.63, 3.8) is 0 Å². The summed E-state index contributed by atoms with van der Waals surface area (Å²) in [5.41, 5.74) is 5.20. The Morgan fingerprint density at radius 2 is 1.85 bits per heavy atom. The first-order chi connectivity index (χ1) is 15.9. The number of hydrogen-bond acceptors (Lipinski definition) is 3. The van der Waals surface area contributed by atoms with Gasteiger partial charge in [0.05, 0.1) is 12.2 Å². The van der Waals surface area contributed by atoms with Crippen LogP contribution in [0.1, 0.15) is 22.3 Å². The fourth-order valence-corrected chi connectivity index (χ4v) is 6.09. The topological polar surface area (TPSA) is 52.7 Å². The molecule has 33 heavy (non-hydrogen) atoms. The maximum Gasteiger partial charge on any atom is 0.323 e. The summed E-state index contributed by atoms with van der Waals surface area (Å²) in [6, 6.07) is 19.4. The summed E-state index contributed by atoms with van der Waals surface area (Å²) >= 11 is 1.48. The van der Waals surface area contributed by atoms with Gasteiger partial charge in [0, 0.05) is 23.5 Å². The quantitative estimate of drug-likeness (QED) is 0.566. The van der Waals surface area contributed by atoms with Crippen LogP contribution in [0.2, 0.25) is 0 Å². The van der Waals surface area contributed by atoms with Crippen molar-refractivity contribution in [3.05, 3.63) is 94.8 Å². The first-order valence-electron chi connectivity index (χ1n) is 10.9. The molecule has 0 aromatic heterocycles. The fraction of sp³-hybridized carbons (Fsp3) is 0.231. The summed E-state index contributed by atoms with van der Waals surface area (Å²) in [6.45, 7) is 4.86. The lowest BCUT2D eigenvalue weighted by Crippen LogP contribution is -2.51. The van der Waals surface area contributed by atoms with E-state index in [0.29, 0.717) is 24.5 Å². The van der Waals surface area contributed by atoms with Crippen molar-refractivity contribution >= 4 is 35.1 Å². The minimum atomic E-state index is -1.14. The fourth-order valence-electron chi connectivity index (χ4n) is 4.64. The molecule has 2 aliphatic heterocycles. The third-order valence-corrected chi connectivity index (χ3v) is 7.51. The number of halogens is 1. The third kappa shape index (κ3) is 3.66. The van der Waals surface area contributed by atoms with Gasteiger partial charge in [-0.2, -0.15) is 0 Å². The molecule has 1 fully saturated rings.